The largest absolute Gasteiger partial charge is 0.496 e. The number of rotatable bonds is 5. The van der Waals surface area contributed by atoms with E-state index in [1.165, 1.54) is 0 Å². The van der Waals surface area contributed by atoms with Crippen LogP contribution in [-0.2, 0) is 16.1 Å². The molecule has 5 heteroatoms. The summed E-state index contributed by atoms with van der Waals surface area (Å²) in [7, 11) is 1.57. The zero-order valence-corrected chi connectivity index (χ0v) is 11.8. The van der Waals surface area contributed by atoms with Gasteiger partial charge >= 0.3 is 5.97 Å². The first-order valence-electron chi connectivity index (χ1n) is 6.52. The van der Waals surface area contributed by atoms with Crippen molar-refractivity contribution in [3.05, 3.63) is 29.8 Å². The Labute approximate surface area is 117 Å². The van der Waals surface area contributed by atoms with E-state index in [0.717, 1.165) is 5.56 Å². The molecule has 0 saturated heterocycles. The van der Waals surface area contributed by atoms with Crippen molar-refractivity contribution in [2.75, 3.05) is 7.11 Å². The second kappa shape index (κ2) is 5.15. The van der Waals surface area contributed by atoms with E-state index in [0.29, 0.717) is 12.3 Å². The van der Waals surface area contributed by atoms with Crippen molar-refractivity contribution in [2.24, 2.45) is 17.3 Å². The number of hydrogen-bond acceptors (Lipinski definition) is 3. The molecule has 1 aromatic rings. The molecule has 0 heterocycles. The molecule has 1 aliphatic rings. The standard InChI is InChI=1S/C15H19NO4/c1-15(2)11(12(15)14(18)19)13(17)16-8-9-6-4-5-7-10(9)20-3/h4-7,11-12H,8H2,1-3H3,(H,16,17)(H,18,19). The van der Waals surface area contributed by atoms with E-state index in [1.54, 1.807) is 21.0 Å². The third-order valence-corrected chi connectivity index (χ3v) is 4.02. The van der Waals surface area contributed by atoms with Gasteiger partial charge in [0, 0.05) is 12.1 Å². The summed E-state index contributed by atoms with van der Waals surface area (Å²) in [5.74, 6) is -1.48. The lowest BCUT2D eigenvalue weighted by molar-refractivity contribution is -0.140. The molecule has 0 aromatic heterocycles. The Bertz CT molecular complexity index is 538. The van der Waals surface area contributed by atoms with E-state index < -0.39 is 23.2 Å². The van der Waals surface area contributed by atoms with Gasteiger partial charge in [-0.25, -0.2) is 0 Å². The second-order valence-corrected chi connectivity index (χ2v) is 5.64. The van der Waals surface area contributed by atoms with Crippen LogP contribution in [0.2, 0.25) is 0 Å². The van der Waals surface area contributed by atoms with Gasteiger partial charge in [-0.15, -0.1) is 0 Å². The van der Waals surface area contributed by atoms with Crippen LogP contribution in [0.5, 0.6) is 5.75 Å². The highest BCUT2D eigenvalue weighted by atomic mass is 16.5. The van der Waals surface area contributed by atoms with Crippen molar-refractivity contribution in [2.45, 2.75) is 20.4 Å². The van der Waals surface area contributed by atoms with Crippen molar-refractivity contribution in [3.63, 3.8) is 0 Å². The van der Waals surface area contributed by atoms with E-state index in [4.69, 9.17) is 9.84 Å². The molecule has 1 amide bonds. The summed E-state index contributed by atoms with van der Waals surface area (Å²) in [6.45, 7) is 3.94. The summed E-state index contributed by atoms with van der Waals surface area (Å²) in [5.41, 5.74) is 0.394. The number of carboxylic acid groups (broad SMARTS) is 1. The van der Waals surface area contributed by atoms with E-state index in [1.807, 2.05) is 24.3 Å². The summed E-state index contributed by atoms with van der Waals surface area (Å²) in [4.78, 5) is 23.2. The first-order chi connectivity index (χ1) is 9.39. The summed E-state index contributed by atoms with van der Waals surface area (Å²) in [5, 5.41) is 11.9. The monoisotopic (exact) mass is 277 g/mol. The lowest BCUT2D eigenvalue weighted by atomic mass is 10.1. The molecule has 2 rings (SSSR count). The van der Waals surface area contributed by atoms with E-state index in [-0.39, 0.29) is 5.91 Å². The Kier molecular flexibility index (Phi) is 3.70. The van der Waals surface area contributed by atoms with E-state index in [9.17, 15) is 9.59 Å². The number of methoxy groups -OCH3 is 1. The summed E-state index contributed by atoms with van der Waals surface area (Å²) >= 11 is 0. The van der Waals surface area contributed by atoms with Gasteiger partial charge in [0.1, 0.15) is 5.75 Å². The molecule has 0 aliphatic heterocycles. The minimum absolute atomic E-state index is 0.215. The normalized spacial score (nSPS) is 22.9. The molecule has 108 valence electrons. The van der Waals surface area contributed by atoms with Crippen LogP contribution in [0, 0.1) is 17.3 Å². The number of carbonyl (C=O) groups is 2. The van der Waals surface area contributed by atoms with Gasteiger partial charge in [0.05, 0.1) is 18.9 Å². The number of hydrogen-bond donors (Lipinski definition) is 2. The van der Waals surface area contributed by atoms with Crippen molar-refractivity contribution in [3.8, 4) is 5.75 Å². The molecule has 1 aliphatic carbocycles. The van der Waals surface area contributed by atoms with Crippen LogP contribution in [0.25, 0.3) is 0 Å². The molecule has 2 unspecified atom stereocenters. The molecule has 2 N–H and O–H groups in total. The molecular formula is C15H19NO4. The van der Waals surface area contributed by atoms with Gasteiger partial charge in [-0.05, 0) is 11.5 Å². The van der Waals surface area contributed by atoms with Crippen molar-refractivity contribution >= 4 is 11.9 Å². The zero-order chi connectivity index (χ0) is 14.9. The van der Waals surface area contributed by atoms with Crippen molar-refractivity contribution < 1.29 is 19.4 Å². The van der Waals surface area contributed by atoms with Gasteiger partial charge in [0.15, 0.2) is 0 Å². The number of para-hydroxylation sites is 1. The van der Waals surface area contributed by atoms with Gasteiger partial charge in [-0.1, -0.05) is 32.0 Å². The van der Waals surface area contributed by atoms with Gasteiger partial charge in [-0.2, -0.15) is 0 Å². The summed E-state index contributed by atoms with van der Waals surface area (Å²) in [6.07, 6.45) is 0. The average Bonchev–Trinajstić information content (AvgIpc) is 2.99. The Balaban J connectivity index is 1.99. The quantitative estimate of drug-likeness (QED) is 0.858. The summed E-state index contributed by atoms with van der Waals surface area (Å²) < 4.78 is 5.21. The van der Waals surface area contributed by atoms with Crippen molar-refractivity contribution in [1.29, 1.82) is 0 Å². The smallest absolute Gasteiger partial charge is 0.307 e. The number of amides is 1. The minimum atomic E-state index is -0.910. The Morgan fingerprint density at radius 2 is 1.95 bits per heavy atom. The molecule has 5 nitrogen and oxygen atoms in total. The fourth-order valence-corrected chi connectivity index (χ4v) is 2.73. The minimum Gasteiger partial charge on any atom is -0.496 e. The second-order valence-electron chi connectivity index (χ2n) is 5.64. The SMILES string of the molecule is COc1ccccc1CNC(=O)C1C(C(=O)O)C1(C)C. The van der Waals surface area contributed by atoms with Crippen LogP contribution >= 0.6 is 0 Å². The maximum Gasteiger partial charge on any atom is 0.307 e. The zero-order valence-electron chi connectivity index (χ0n) is 11.8. The maximum absolute atomic E-state index is 12.1. The third-order valence-electron chi connectivity index (χ3n) is 4.02. The molecular weight excluding hydrogens is 258 g/mol. The lowest BCUT2D eigenvalue weighted by Crippen LogP contribution is -2.27. The first-order valence-corrected chi connectivity index (χ1v) is 6.52. The Hall–Kier alpha value is -2.04. The molecule has 0 spiro atoms. The molecule has 0 bridgehead atoms. The van der Waals surface area contributed by atoms with E-state index >= 15 is 0 Å². The predicted molar refractivity (Wildman–Crippen MR) is 73.2 cm³/mol. The van der Waals surface area contributed by atoms with Crippen LogP contribution in [0.15, 0.2) is 24.3 Å². The first kappa shape index (κ1) is 14.4. The highest BCUT2D eigenvalue weighted by Gasteiger charge is 2.65. The number of carboxylic acids is 1. The molecule has 2 atom stereocenters. The molecule has 20 heavy (non-hydrogen) atoms. The van der Waals surface area contributed by atoms with Crippen molar-refractivity contribution in [1.82, 2.24) is 5.32 Å². The molecule has 0 radical (unpaired) electrons. The van der Waals surface area contributed by atoms with Gasteiger partial charge in [0.2, 0.25) is 5.91 Å². The molecule has 1 saturated carbocycles. The number of nitrogens with one attached hydrogen (secondary N) is 1. The van der Waals surface area contributed by atoms with E-state index in [2.05, 4.69) is 5.32 Å². The average molecular weight is 277 g/mol. The number of benzene rings is 1. The highest BCUT2D eigenvalue weighted by Crippen LogP contribution is 2.58. The highest BCUT2D eigenvalue weighted by molar-refractivity contribution is 5.91. The maximum atomic E-state index is 12.1. The summed E-state index contributed by atoms with van der Waals surface area (Å²) in [6, 6.07) is 7.41. The molecule has 1 aromatic carbocycles. The van der Waals surface area contributed by atoms with Crippen LogP contribution in [0.3, 0.4) is 0 Å². The number of carbonyl (C=O) groups excluding carboxylic acids is 1. The van der Waals surface area contributed by atoms with Crippen LogP contribution in [0.1, 0.15) is 19.4 Å². The molecule has 1 fully saturated rings. The Morgan fingerprint density at radius 3 is 2.50 bits per heavy atom. The van der Waals surface area contributed by atoms with Crippen LogP contribution < -0.4 is 10.1 Å². The lowest BCUT2D eigenvalue weighted by Gasteiger charge is -2.10. The number of aliphatic carboxylic acids is 1. The fraction of sp³-hybridized carbons (Fsp3) is 0.467. The fourth-order valence-electron chi connectivity index (χ4n) is 2.73. The van der Waals surface area contributed by atoms with Gasteiger partial charge < -0.3 is 15.2 Å². The predicted octanol–water partition coefficient (Wildman–Crippen LogP) is 1.67. The number of ether oxygens (including phenoxy) is 1. The van der Waals surface area contributed by atoms with Gasteiger partial charge in [-0.3, -0.25) is 9.59 Å². The van der Waals surface area contributed by atoms with Crippen LogP contribution in [0.4, 0.5) is 0 Å². The third kappa shape index (κ3) is 2.48. The van der Waals surface area contributed by atoms with Crippen LogP contribution in [-0.4, -0.2) is 24.1 Å². The topological polar surface area (TPSA) is 75.6 Å². The Morgan fingerprint density at radius 1 is 1.30 bits per heavy atom. The van der Waals surface area contributed by atoms with Gasteiger partial charge in [0.25, 0.3) is 0 Å².